The van der Waals surface area contributed by atoms with E-state index in [1.165, 1.54) is 0 Å². The molecule has 1 aliphatic heterocycles. The quantitative estimate of drug-likeness (QED) is 0.710. The SMILES string of the molecule is C#C.C[C@H]1OC(=O)N[C@H]1c1ccccc1. The molecule has 0 saturated carbocycles. The van der Waals surface area contributed by atoms with Crippen LogP contribution in [-0.2, 0) is 4.74 Å². The number of hydrogen-bond acceptors (Lipinski definition) is 2. The molecule has 2 rings (SSSR count). The molecule has 78 valence electrons. The largest absolute Gasteiger partial charge is 0.444 e. The Balaban J connectivity index is 0.000000531. The van der Waals surface area contributed by atoms with E-state index in [1.807, 2.05) is 37.3 Å². The first-order valence-electron chi connectivity index (χ1n) is 4.63. The average molecular weight is 203 g/mol. The Morgan fingerprint density at radius 2 is 1.87 bits per heavy atom. The number of cyclic esters (lactones) is 1. The van der Waals surface area contributed by atoms with Crippen molar-refractivity contribution in [1.29, 1.82) is 0 Å². The molecule has 0 unspecified atom stereocenters. The number of amides is 1. The predicted molar refractivity (Wildman–Crippen MR) is 58.2 cm³/mol. The molecule has 1 saturated heterocycles. The Hall–Kier alpha value is -1.95. The number of carbonyl (C=O) groups is 1. The second kappa shape index (κ2) is 5.06. The Labute approximate surface area is 89.4 Å². The van der Waals surface area contributed by atoms with E-state index in [4.69, 9.17) is 4.74 Å². The van der Waals surface area contributed by atoms with Crippen molar-refractivity contribution in [2.45, 2.75) is 19.1 Å². The summed E-state index contributed by atoms with van der Waals surface area (Å²) in [4.78, 5) is 10.9. The highest BCUT2D eigenvalue weighted by Crippen LogP contribution is 2.23. The highest BCUT2D eigenvalue weighted by Gasteiger charge is 2.31. The predicted octanol–water partition coefficient (Wildman–Crippen LogP) is 2.11. The molecule has 2 atom stereocenters. The van der Waals surface area contributed by atoms with Gasteiger partial charge in [-0.05, 0) is 12.5 Å². The summed E-state index contributed by atoms with van der Waals surface area (Å²) in [5, 5.41) is 2.76. The second-order valence-electron chi connectivity index (χ2n) is 3.14. The van der Waals surface area contributed by atoms with Crippen LogP contribution in [0.3, 0.4) is 0 Å². The van der Waals surface area contributed by atoms with Crippen molar-refractivity contribution in [1.82, 2.24) is 5.32 Å². The first kappa shape index (κ1) is 11.1. The minimum Gasteiger partial charge on any atom is -0.444 e. The third-order valence-electron chi connectivity index (χ3n) is 2.19. The fourth-order valence-electron chi connectivity index (χ4n) is 1.53. The summed E-state index contributed by atoms with van der Waals surface area (Å²) >= 11 is 0. The lowest BCUT2D eigenvalue weighted by Crippen LogP contribution is -2.20. The van der Waals surface area contributed by atoms with E-state index in [0.29, 0.717) is 0 Å². The van der Waals surface area contributed by atoms with Crippen LogP contribution in [0.1, 0.15) is 18.5 Å². The smallest absolute Gasteiger partial charge is 0.408 e. The lowest BCUT2D eigenvalue weighted by Gasteiger charge is -2.12. The number of ether oxygens (including phenoxy) is 1. The fraction of sp³-hybridized carbons (Fsp3) is 0.250. The standard InChI is InChI=1S/C10H11NO2.C2H2/c1-7-9(11-10(12)13-7)8-5-3-2-4-6-8;1-2/h2-7,9H,1H3,(H,11,12);1-2H/t7-,9-;/m1./s1. The number of alkyl carbamates (subject to hydrolysis) is 1. The van der Waals surface area contributed by atoms with Crippen LogP contribution in [0.15, 0.2) is 30.3 Å². The Morgan fingerprint density at radius 1 is 1.27 bits per heavy atom. The second-order valence-corrected chi connectivity index (χ2v) is 3.14. The van der Waals surface area contributed by atoms with Crippen molar-refractivity contribution >= 4 is 6.09 Å². The van der Waals surface area contributed by atoms with E-state index >= 15 is 0 Å². The summed E-state index contributed by atoms with van der Waals surface area (Å²) in [6.45, 7) is 1.88. The van der Waals surface area contributed by atoms with Crippen molar-refractivity contribution in [3.05, 3.63) is 35.9 Å². The van der Waals surface area contributed by atoms with Crippen molar-refractivity contribution in [2.75, 3.05) is 0 Å². The normalized spacial score (nSPS) is 23.3. The molecule has 3 heteroatoms. The van der Waals surface area contributed by atoms with Crippen LogP contribution in [0, 0.1) is 12.8 Å². The van der Waals surface area contributed by atoms with E-state index in [1.54, 1.807) is 0 Å². The number of benzene rings is 1. The zero-order chi connectivity index (χ0) is 11.3. The summed E-state index contributed by atoms with van der Waals surface area (Å²) in [6.07, 6.45) is 7.58. The van der Waals surface area contributed by atoms with Crippen LogP contribution >= 0.6 is 0 Å². The topological polar surface area (TPSA) is 38.3 Å². The molecule has 0 aliphatic carbocycles. The van der Waals surface area contributed by atoms with Gasteiger partial charge in [-0.1, -0.05) is 30.3 Å². The molecule has 3 nitrogen and oxygen atoms in total. The van der Waals surface area contributed by atoms with E-state index in [9.17, 15) is 4.79 Å². The van der Waals surface area contributed by atoms with Gasteiger partial charge in [-0.25, -0.2) is 4.79 Å². The number of carbonyl (C=O) groups excluding carboxylic acids is 1. The van der Waals surface area contributed by atoms with Crippen molar-refractivity contribution in [3.8, 4) is 12.8 Å². The molecule has 1 aromatic carbocycles. The highest BCUT2D eigenvalue weighted by molar-refractivity contribution is 5.70. The molecular formula is C12H13NO2. The van der Waals surface area contributed by atoms with Crippen LogP contribution in [0.2, 0.25) is 0 Å². The molecule has 1 aromatic rings. The van der Waals surface area contributed by atoms with Crippen LogP contribution < -0.4 is 5.32 Å². The monoisotopic (exact) mass is 203 g/mol. The van der Waals surface area contributed by atoms with Crippen LogP contribution in [0.25, 0.3) is 0 Å². The molecule has 1 aliphatic rings. The third kappa shape index (κ3) is 2.50. The van der Waals surface area contributed by atoms with E-state index in [-0.39, 0.29) is 18.2 Å². The van der Waals surface area contributed by atoms with Gasteiger partial charge in [-0.2, -0.15) is 0 Å². The Kier molecular flexibility index (Phi) is 3.75. The number of rotatable bonds is 1. The summed E-state index contributed by atoms with van der Waals surface area (Å²) in [5.74, 6) is 0. The first-order valence-corrected chi connectivity index (χ1v) is 4.63. The van der Waals surface area contributed by atoms with E-state index < -0.39 is 0 Å². The van der Waals surface area contributed by atoms with Crippen LogP contribution in [0.5, 0.6) is 0 Å². The van der Waals surface area contributed by atoms with Gasteiger partial charge in [-0.15, -0.1) is 12.8 Å². The van der Waals surface area contributed by atoms with Gasteiger partial charge in [0.25, 0.3) is 0 Å². The zero-order valence-corrected chi connectivity index (χ0v) is 8.51. The lowest BCUT2D eigenvalue weighted by atomic mass is 10.0. The van der Waals surface area contributed by atoms with Crippen LogP contribution in [0.4, 0.5) is 4.79 Å². The van der Waals surface area contributed by atoms with Gasteiger partial charge in [0.15, 0.2) is 0 Å². The lowest BCUT2D eigenvalue weighted by molar-refractivity contribution is 0.141. The molecule has 0 spiro atoms. The molecule has 1 heterocycles. The van der Waals surface area contributed by atoms with Gasteiger partial charge in [0.1, 0.15) is 6.10 Å². The van der Waals surface area contributed by atoms with Gasteiger partial charge >= 0.3 is 6.09 Å². The molecule has 1 fully saturated rings. The molecule has 0 aromatic heterocycles. The van der Waals surface area contributed by atoms with E-state index in [0.717, 1.165) is 5.56 Å². The maximum Gasteiger partial charge on any atom is 0.408 e. The number of terminal acetylenes is 1. The Morgan fingerprint density at radius 3 is 2.33 bits per heavy atom. The van der Waals surface area contributed by atoms with E-state index in [2.05, 4.69) is 18.2 Å². The first-order chi connectivity index (χ1) is 7.27. The minimum absolute atomic E-state index is 0.00583. The zero-order valence-electron chi connectivity index (χ0n) is 8.51. The van der Waals surface area contributed by atoms with Crippen LogP contribution in [-0.4, -0.2) is 12.2 Å². The highest BCUT2D eigenvalue weighted by atomic mass is 16.6. The molecule has 1 amide bonds. The number of nitrogens with one attached hydrogen (secondary N) is 1. The fourth-order valence-corrected chi connectivity index (χ4v) is 1.53. The summed E-state index contributed by atoms with van der Waals surface area (Å²) in [7, 11) is 0. The summed E-state index contributed by atoms with van der Waals surface area (Å²) < 4.78 is 4.98. The van der Waals surface area contributed by atoms with Crippen molar-refractivity contribution in [2.24, 2.45) is 0 Å². The van der Waals surface area contributed by atoms with Gasteiger partial charge in [0.2, 0.25) is 0 Å². The molecular weight excluding hydrogens is 190 g/mol. The van der Waals surface area contributed by atoms with Crippen molar-refractivity contribution < 1.29 is 9.53 Å². The summed E-state index contributed by atoms with van der Waals surface area (Å²) in [5.41, 5.74) is 1.08. The van der Waals surface area contributed by atoms with Gasteiger partial charge in [0, 0.05) is 0 Å². The maximum absolute atomic E-state index is 10.9. The van der Waals surface area contributed by atoms with Gasteiger partial charge in [0.05, 0.1) is 6.04 Å². The minimum atomic E-state index is -0.332. The van der Waals surface area contributed by atoms with Gasteiger partial charge < -0.3 is 10.1 Å². The molecule has 0 bridgehead atoms. The van der Waals surface area contributed by atoms with Crippen molar-refractivity contribution in [3.63, 3.8) is 0 Å². The summed E-state index contributed by atoms with van der Waals surface area (Å²) in [6, 6.07) is 9.81. The Bertz CT molecular complexity index is 345. The van der Waals surface area contributed by atoms with Gasteiger partial charge in [-0.3, -0.25) is 0 Å². The molecule has 0 radical (unpaired) electrons. The third-order valence-corrected chi connectivity index (χ3v) is 2.19. The maximum atomic E-state index is 10.9. The molecule has 1 N–H and O–H groups in total. The molecule has 15 heavy (non-hydrogen) atoms. The average Bonchev–Trinajstić information content (AvgIpc) is 2.62. The number of hydrogen-bond donors (Lipinski definition) is 1.